The van der Waals surface area contributed by atoms with Crippen LogP contribution in [0.1, 0.15) is 22.1 Å². The first-order valence-corrected chi connectivity index (χ1v) is 5.47. The number of hydrogen-bond donors (Lipinski definition) is 2. The number of imidazole rings is 1. The number of rotatable bonds is 4. The van der Waals surface area contributed by atoms with Gasteiger partial charge in [-0.25, -0.2) is 9.78 Å². The maximum atomic E-state index is 12.0. The van der Waals surface area contributed by atoms with E-state index >= 15 is 0 Å². The van der Waals surface area contributed by atoms with E-state index in [0.29, 0.717) is 5.56 Å². The second-order valence-corrected chi connectivity index (χ2v) is 4.08. The average molecular weight is 263 g/mol. The summed E-state index contributed by atoms with van der Waals surface area (Å²) in [6, 6.07) is -1.14. The highest BCUT2D eigenvalue weighted by Gasteiger charge is 2.24. The molecule has 0 aromatic carbocycles. The van der Waals surface area contributed by atoms with Gasteiger partial charge in [0, 0.05) is 25.9 Å². The molecule has 0 radical (unpaired) electrons. The number of carboxylic acid groups (broad SMARTS) is 1. The Kier molecular flexibility index (Phi) is 3.32. The molecule has 0 spiro atoms. The Labute approximate surface area is 108 Å². The number of carbonyl (C=O) groups is 2. The van der Waals surface area contributed by atoms with Crippen LogP contribution < -0.4 is 5.32 Å². The summed E-state index contributed by atoms with van der Waals surface area (Å²) in [5, 5.41) is 15.5. The summed E-state index contributed by atoms with van der Waals surface area (Å²) in [5.74, 6) is -1.65. The van der Waals surface area contributed by atoms with Crippen LogP contribution >= 0.6 is 0 Å². The molecule has 0 saturated carbocycles. The van der Waals surface area contributed by atoms with Gasteiger partial charge in [0.05, 0.1) is 18.7 Å². The van der Waals surface area contributed by atoms with Gasteiger partial charge >= 0.3 is 5.97 Å². The summed E-state index contributed by atoms with van der Waals surface area (Å²) in [4.78, 5) is 27.0. The van der Waals surface area contributed by atoms with Crippen LogP contribution in [0.15, 0.2) is 24.9 Å². The molecule has 8 heteroatoms. The summed E-state index contributed by atoms with van der Waals surface area (Å²) in [7, 11) is 3.33. The van der Waals surface area contributed by atoms with Gasteiger partial charge in [0.1, 0.15) is 5.69 Å². The fourth-order valence-electron chi connectivity index (χ4n) is 1.66. The molecule has 0 bridgehead atoms. The molecule has 1 atom stereocenters. The van der Waals surface area contributed by atoms with Gasteiger partial charge in [0.25, 0.3) is 5.91 Å². The van der Waals surface area contributed by atoms with Crippen LogP contribution in [-0.2, 0) is 18.9 Å². The third-order valence-electron chi connectivity index (χ3n) is 2.63. The van der Waals surface area contributed by atoms with Crippen LogP contribution in [-0.4, -0.2) is 36.3 Å². The molecule has 2 aromatic rings. The van der Waals surface area contributed by atoms with Crippen LogP contribution in [0.4, 0.5) is 0 Å². The van der Waals surface area contributed by atoms with Crippen molar-refractivity contribution in [2.75, 3.05) is 0 Å². The predicted molar refractivity (Wildman–Crippen MR) is 64.3 cm³/mol. The van der Waals surface area contributed by atoms with Crippen molar-refractivity contribution in [3.05, 3.63) is 36.2 Å². The lowest BCUT2D eigenvalue weighted by molar-refractivity contribution is -0.139. The zero-order valence-electron chi connectivity index (χ0n) is 10.4. The third-order valence-corrected chi connectivity index (χ3v) is 2.63. The van der Waals surface area contributed by atoms with Gasteiger partial charge < -0.3 is 15.0 Å². The van der Waals surface area contributed by atoms with Crippen molar-refractivity contribution in [1.29, 1.82) is 0 Å². The number of nitrogens with zero attached hydrogens (tertiary/aromatic N) is 4. The average Bonchev–Trinajstić information content (AvgIpc) is 2.94. The summed E-state index contributed by atoms with van der Waals surface area (Å²) in [6.07, 6.45) is 5.79. The van der Waals surface area contributed by atoms with Crippen molar-refractivity contribution in [2.45, 2.75) is 6.04 Å². The fraction of sp³-hybridized carbons (Fsp3) is 0.273. The SMILES string of the molecule is Cn1cc(C(NC(=O)c2cncn2C)C(=O)O)cn1. The lowest BCUT2D eigenvalue weighted by Gasteiger charge is -2.12. The Hall–Kier alpha value is -2.64. The van der Waals surface area contributed by atoms with Gasteiger partial charge in [-0.1, -0.05) is 0 Å². The van der Waals surface area contributed by atoms with E-state index in [-0.39, 0.29) is 5.69 Å². The molecular formula is C11H13N5O3. The summed E-state index contributed by atoms with van der Waals surface area (Å²) < 4.78 is 2.99. The van der Waals surface area contributed by atoms with E-state index in [1.807, 2.05) is 0 Å². The Bertz CT molecular complexity index is 615. The Morgan fingerprint density at radius 1 is 1.37 bits per heavy atom. The van der Waals surface area contributed by atoms with Crippen molar-refractivity contribution in [3.63, 3.8) is 0 Å². The first-order valence-electron chi connectivity index (χ1n) is 5.47. The quantitative estimate of drug-likeness (QED) is 0.789. The van der Waals surface area contributed by atoms with Gasteiger partial charge in [0.15, 0.2) is 6.04 Å². The topological polar surface area (TPSA) is 102 Å². The maximum Gasteiger partial charge on any atom is 0.331 e. The van der Waals surface area contributed by atoms with Crippen LogP contribution in [0.5, 0.6) is 0 Å². The highest BCUT2D eigenvalue weighted by Crippen LogP contribution is 2.13. The Morgan fingerprint density at radius 2 is 2.11 bits per heavy atom. The van der Waals surface area contributed by atoms with Crippen molar-refractivity contribution in [1.82, 2.24) is 24.6 Å². The zero-order chi connectivity index (χ0) is 14.0. The maximum absolute atomic E-state index is 12.0. The van der Waals surface area contributed by atoms with Gasteiger partial charge in [-0.3, -0.25) is 9.48 Å². The second kappa shape index (κ2) is 4.92. The van der Waals surface area contributed by atoms with Crippen LogP contribution in [0.3, 0.4) is 0 Å². The van der Waals surface area contributed by atoms with E-state index in [9.17, 15) is 14.7 Å². The van der Waals surface area contributed by atoms with Crippen molar-refractivity contribution in [3.8, 4) is 0 Å². The molecule has 8 nitrogen and oxygen atoms in total. The minimum Gasteiger partial charge on any atom is -0.479 e. The van der Waals surface area contributed by atoms with Crippen molar-refractivity contribution in [2.24, 2.45) is 14.1 Å². The lowest BCUT2D eigenvalue weighted by atomic mass is 10.1. The Morgan fingerprint density at radius 3 is 2.58 bits per heavy atom. The molecule has 2 N–H and O–H groups in total. The highest BCUT2D eigenvalue weighted by molar-refractivity contribution is 5.95. The van der Waals surface area contributed by atoms with E-state index in [1.54, 1.807) is 20.3 Å². The summed E-state index contributed by atoms with van der Waals surface area (Å²) in [5.41, 5.74) is 0.695. The molecule has 0 aliphatic carbocycles. The van der Waals surface area contributed by atoms with Gasteiger partial charge in [-0.05, 0) is 0 Å². The molecule has 19 heavy (non-hydrogen) atoms. The summed E-state index contributed by atoms with van der Waals surface area (Å²) in [6.45, 7) is 0. The normalized spacial score (nSPS) is 12.1. The highest BCUT2D eigenvalue weighted by atomic mass is 16.4. The standard InChI is InChI=1S/C11H13N5O3/c1-15-6-12-4-8(15)10(17)14-9(11(18)19)7-3-13-16(2)5-7/h3-6,9H,1-2H3,(H,14,17)(H,18,19). The van der Waals surface area contributed by atoms with E-state index in [0.717, 1.165) is 0 Å². The second-order valence-electron chi connectivity index (χ2n) is 4.08. The van der Waals surface area contributed by atoms with E-state index < -0.39 is 17.9 Å². The van der Waals surface area contributed by atoms with Crippen LogP contribution in [0, 0.1) is 0 Å². The number of aryl methyl sites for hydroxylation is 2. The van der Waals surface area contributed by atoms with Crippen LogP contribution in [0.25, 0.3) is 0 Å². The van der Waals surface area contributed by atoms with E-state index in [4.69, 9.17) is 0 Å². The number of carboxylic acids is 1. The molecule has 2 aromatic heterocycles. The minimum absolute atomic E-state index is 0.287. The minimum atomic E-state index is -1.15. The smallest absolute Gasteiger partial charge is 0.331 e. The Balaban J connectivity index is 2.21. The number of carbonyl (C=O) groups excluding carboxylic acids is 1. The van der Waals surface area contributed by atoms with E-state index in [2.05, 4.69) is 15.4 Å². The molecule has 1 unspecified atom stereocenters. The largest absolute Gasteiger partial charge is 0.479 e. The number of nitrogens with one attached hydrogen (secondary N) is 1. The van der Waals surface area contributed by atoms with Crippen molar-refractivity contribution >= 4 is 11.9 Å². The third kappa shape index (κ3) is 2.62. The molecule has 0 saturated heterocycles. The summed E-state index contributed by atoms with van der Waals surface area (Å²) >= 11 is 0. The van der Waals surface area contributed by atoms with Gasteiger partial charge in [-0.2, -0.15) is 5.10 Å². The number of aromatic nitrogens is 4. The number of amides is 1. The van der Waals surface area contributed by atoms with Gasteiger partial charge in [0.2, 0.25) is 0 Å². The monoisotopic (exact) mass is 263 g/mol. The number of aliphatic carboxylic acids is 1. The molecule has 100 valence electrons. The molecule has 0 aliphatic heterocycles. The van der Waals surface area contributed by atoms with Crippen LogP contribution in [0.2, 0.25) is 0 Å². The molecular weight excluding hydrogens is 250 g/mol. The molecule has 1 amide bonds. The molecule has 2 rings (SSSR count). The molecule has 0 aliphatic rings. The van der Waals surface area contributed by atoms with Crippen molar-refractivity contribution < 1.29 is 14.7 Å². The van der Waals surface area contributed by atoms with E-state index in [1.165, 1.54) is 28.0 Å². The predicted octanol–water partition coefficient (Wildman–Crippen LogP) is -0.291. The first kappa shape index (κ1) is 12.8. The first-order chi connectivity index (χ1) is 8.99. The molecule has 2 heterocycles. The fourth-order valence-corrected chi connectivity index (χ4v) is 1.66. The number of hydrogen-bond acceptors (Lipinski definition) is 4. The lowest BCUT2D eigenvalue weighted by Crippen LogP contribution is -2.34. The molecule has 0 fully saturated rings. The van der Waals surface area contributed by atoms with Gasteiger partial charge in [-0.15, -0.1) is 0 Å². The zero-order valence-corrected chi connectivity index (χ0v) is 10.4.